The summed E-state index contributed by atoms with van der Waals surface area (Å²) in [6.07, 6.45) is 0.282. The lowest BCUT2D eigenvalue weighted by Crippen LogP contribution is -2.50. The van der Waals surface area contributed by atoms with Crippen LogP contribution in [0.4, 0.5) is 4.39 Å². The largest absolute Gasteiger partial charge is 0.481 e. The van der Waals surface area contributed by atoms with Crippen LogP contribution in [0.15, 0.2) is 24.3 Å². The predicted molar refractivity (Wildman–Crippen MR) is 68.3 cm³/mol. The summed E-state index contributed by atoms with van der Waals surface area (Å²) in [5.41, 5.74) is 0.985. The molecule has 1 heterocycles. The quantitative estimate of drug-likeness (QED) is 0.862. The van der Waals surface area contributed by atoms with Gasteiger partial charge in [-0.2, -0.15) is 0 Å². The predicted octanol–water partition coefficient (Wildman–Crippen LogP) is 1.13. The van der Waals surface area contributed by atoms with Crippen molar-refractivity contribution in [1.82, 2.24) is 4.90 Å². The van der Waals surface area contributed by atoms with Crippen molar-refractivity contribution in [3.8, 4) is 0 Å². The fraction of sp³-hybridized carbons (Fsp3) is 0.500. The topological polar surface area (TPSA) is 60.8 Å². The van der Waals surface area contributed by atoms with Crippen LogP contribution in [0, 0.1) is 11.7 Å². The molecule has 3 unspecified atom stereocenters. The number of rotatable bonds is 3. The number of aliphatic carboxylic acids is 1. The second-order valence-electron chi connectivity index (χ2n) is 5.17. The van der Waals surface area contributed by atoms with E-state index in [-0.39, 0.29) is 11.9 Å². The molecule has 1 aliphatic rings. The van der Waals surface area contributed by atoms with Crippen LogP contribution in [0.1, 0.15) is 12.0 Å². The highest BCUT2D eigenvalue weighted by Crippen LogP contribution is 2.24. The molecule has 0 spiro atoms. The highest BCUT2D eigenvalue weighted by molar-refractivity contribution is 5.71. The summed E-state index contributed by atoms with van der Waals surface area (Å²) < 4.78 is 12.8. The highest BCUT2D eigenvalue weighted by Gasteiger charge is 2.36. The fourth-order valence-electron chi connectivity index (χ4n) is 2.58. The molecule has 2 rings (SSSR count). The normalized spacial score (nSPS) is 28.3. The molecule has 19 heavy (non-hydrogen) atoms. The Morgan fingerprint density at radius 3 is 2.63 bits per heavy atom. The first kappa shape index (κ1) is 14.0. The number of likely N-dealkylation sites (tertiary alicyclic amines) is 1. The van der Waals surface area contributed by atoms with Crippen molar-refractivity contribution in [1.29, 1.82) is 0 Å². The molecule has 0 amide bonds. The van der Waals surface area contributed by atoms with Gasteiger partial charge in [-0.1, -0.05) is 12.1 Å². The monoisotopic (exact) mass is 267 g/mol. The van der Waals surface area contributed by atoms with Crippen LogP contribution in [0.25, 0.3) is 0 Å². The van der Waals surface area contributed by atoms with Crippen molar-refractivity contribution in [2.75, 3.05) is 13.6 Å². The van der Waals surface area contributed by atoms with E-state index >= 15 is 0 Å². The molecular formula is C14H18FNO3. The van der Waals surface area contributed by atoms with Crippen molar-refractivity contribution >= 4 is 5.97 Å². The van der Waals surface area contributed by atoms with Gasteiger partial charge in [0.15, 0.2) is 0 Å². The highest BCUT2D eigenvalue weighted by atomic mass is 19.1. The summed E-state index contributed by atoms with van der Waals surface area (Å²) in [6.45, 7) is 0.336. The summed E-state index contributed by atoms with van der Waals surface area (Å²) in [4.78, 5) is 12.9. The third kappa shape index (κ3) is 3.30. The maximum Gasteiger partial charge on any atom is 0.310 e. The van der Waals surface area contributed by atoms with Crippen LogP contribution in [0.2, 0.25) is 0 Å². The summed E-state index contributed by atoms with van der Waals surface area (Å²) in [7, 11) is 1.86. The molecule has 104 valence electrons. The molecule has 3 atom stereocenters. The first-order valence-electron chi connectivity index (χ1n) is 6.33. The summed E-state index contributed by atoms with van der Waals surface area (Å²) >= 11 is 0. The Hall–Kier alpha value is -1.46. The maximum absolute atomic E-state index is 12.8. The van der Waals surface area contributed by atoms with E-state index in [1.165, 1.54) is 12.1 Å². The second kappa shape index (κ2) is 5.67. The molecule has 0 bridgehead atoms. The Bertz CT molecular complexity index is 449. The van der Waals surface area contributed by atoms with Crippen LogP contribution >= 0.6 is 0 Å². The summed E-state index contributed by atoms with van der Waals surface area (Å²) in [5, 5.41) is 18.9. The number of nitrogens with zero attached hydrogens (tertiary/aromatic N) is 1. The lowest BCUT2D eigenvalue weighted by Gasteiger charge is -2.38. The van der Waals surface area contributed by atoms with E-state index in [0.717, 1.165) is 5.56 Å². The van der Waals surface area contributed by atoms with Crippen molar-refractivity contribution in [3.63, 3.8) is 0 Å². The van der Waals surface area contributed by atoms with Gasteiger partial charge in [0.2, 0.25) is 0 Å². The first-order valence-corrected chi connectivity index (χ1v) is 6.33. The number of aliphatic hydroxyl groups is 1. The Kier molecular flexibility index (Phi) is 4.17. The van der Waals surface area contributed by atoms with Gasteiger partial charge in [0, 0.05) is 12.6 Å². The van der Waals surface area contributed by atoms with E-state index in [2.05, 4.69) is 0 Å². The number of benzene rings is 1. The lowest BCUT2D eigenvalue weighted by molar-refractivity contribution is -0.149. The molecule has 4 nitrogen and oxygen atoms in total. The van der Waals surface area contributed by atoms with Gasteiger partial charge >= 0.3 is 5.97 Å². The Balaban J connectivity index is 2.02. The number of piperidine rings is 1. The molecule has 0 saturated carbocycles. The lowest BCUT2D eigenvalue weighted by atomic mass is 9.87. The van der Waals surface area contributed by atoms with E-state index in [1.807, 2.05) is 11.9 Å². The molecule has 0 radical (unpaired) electrons. The van der Waals surface area contributed by atoms with Gasteiger partial charge in [0.1, 0.15) is 5.82 Å². The molecule has 1 aromatic rings. The maximum atomic E-state index is 12.8. The minimum absolute atomic E-state index is 0.0797. The van der Waals surface area contributed by atoms with Gasteiger partial charge in [0.25, 0.3) is 0 Å². The SMILES string of the molecule is CN1CC(C(=O)O)C(O)CC1Cc1ccc(F)cc1. The second-order valence-corrected chi connectivity index (χ2v) is 5.17. The molecule has 1 aromatic carbocycles. The average molecular weight is 267 g/mol. The number of aliphatic hydroxyl groups excluding tert-OH is 1. The minimum Gasteiger partial charge on any atom is -0.481 e. The average Bonchev–Trinajstić information content (AvgIpc) is 2.35. The van der Waals surface area contributed by atoms with E-state index in [4.69, 9.17) is 5.11 Å². The molecule has 0 aliphatic carbocycles. The van der Waals surface area contributed by atoms with E-state index in [1.54, 1.807) is 12.1 Å². The standard InChI is InChI=1S/C14H18FNO3/c1-16-8-12(14(18)19)13(17)7-11(16)6-9-2-4-10(15)5-3-9/h2-5,11-13,17H,6-8H2,1H3,(H,18,19). The van der Waals surface area contributed by atoms with Crippen molar-refractivity contribution in [2.24, 2.45) is 5.92 Å². The van der Waals surface area contributed by atoms with E-state index < -0.39 is 18.0 Å². The molecule has 1 fully saturated rings. The van der Waals surface area contributed by atoms with Crippen molar-refractivity contribution < 1.29 is 19.4 Å². The molecule has 1 saturated heterocycles. The van der Waals surface area contributed by atoms with Crippen LogP contribution in [-0.2, 0) is 11.2 Å². The first-order chi connectivity index (χ1) is 8.97. The summed E-state index contributed by atoms with van der Waals surface area (Å²) in [5.74, 6) is -1.96. The zero-order valence-corrected chi connectivity index (χ0v) is 10.8. The van der Waals surface area contributed by atoms with E-state index in [0.29, 0.717) is 19.4 Å². The van der Waals surface area contributed by atoms with Crippen LogP contribution in [-0.4, -0.2) is 46.8 Å². The molecule has 5 heteroatoms. The smallest absolute Gasteiger partial charge is 0.310 e. The number of halogens is 1. The van der Waals surface area contributed by atoms with E-state index in [9.17, 15) is 14.3 Å². The number of carbonyl (C=O) groups is 1. The van der Waals surface area contributed by atoms with Crippen molar-refractivity contribution in [2.45, 2.75) is 25.0 Å². The molecule has 0 aromatic heterocycles. The number of hydrogen-bond acceptors (Lipinski definition) is 3. The fourth-order valence-corrected chi connectivity index (χ4v) is 2.58. The number of carboxylic acid groups (broad SMARTS) is 1. The van der Waals surface area contributed by atoms with Crippen LogP contribution in [0.3, 0.4) is 0 Å². The van der Waals surface area contributed by atoms with Gasteiger partial charge in [-0.05, 0) is 37.6 Å². The van der Waals surface area contributed by atoms with Crippen LogP contribution < -0.4 is 0 Å². The van der Waals surface area contributed by atoms with Gasteiger partial charge < -0.3 is 15.1 Å². The Morgan fingerprint density at radius 2 is 2.05 bits per heavy atom. The third-order valence-electron chi connectivity index (χ3n) is 3.79. The van der Waals surface area contributed by atoms with Gasteiger partial charge in [-0.25, -0.2) is 4.39 Å². The van der Waals surface area contributed by atoms with Gasteiger partial charge in [0.05, 0.1) is 12.0 Å². The molecule has 2 N–H and O–H groups in total. The van der Waals surface area contributed by atoms with Gasteiger partial charge in [-0.3, -0.25) is 4.79 Å². The molecule has 1 aliphatic heterocycles. The molecular weight excluding hydrogens is 249 g/mol. The van der Waals surface area contributed by atoms with Crippen LogP contribution in [0.5, 0.6) is 0 Å². The zero-order valence-electron chi connectivity index (χ0n) is 10.8. The zero-order chi connectivity index (χ0) is 14.0. The Morgan fingerprint density at radius 1 is 1.42 bits per heavy atom. The van der Waals surface area contributed by atoms with Crippen molar-refractivity contribution in [3.05, 3.63) is 35.6 Å². The number of hydrogen-bond donors (Lipinski definition) is 2. The van der Waals surface area contributed by atoms with Gasteiger partial charge in [-0.15, -0.1) is 0 Å². The third-order valence-corrected chi connectivity index (χ3v) is 3.79. The minimum atomic E-state index is -0.959. The number of likely N-dealkylation sites (N-methyl/N-ethyl adjacent to an activating group) is 1. The number of carboxylic acids is 1. The summed E-state index contributed by atoms with van der Waals surface area (Å²) in [6, 6.07) is 6.34. The Labute approximate surface area is 111 Å².